The van der Waals surface area contributed by atoms with Crippen LogP contribution in [0.1, 0.15) is 47.2 Å². The molecule has 1 aromatic heterocycles. The van der Waals surface area contributed by atoms with Crippen molar-refractivity contribution in [2.24, 2.45) is 0 Å². The molecule has 0 saturated carbocycles. The molecule has 0 aliphatic carbocycles. The Morgan fingerprint density at radius 1 is 0.750 bits per heavy atom. The summed E-state index contributed by atoms with van der Waals surface area (Å²) >= 11 is 6.39. The van der Waals surface area contributed by atoms with Crippen LogP contribution in [-0.4, -0.2) is 48.1 Å². The Balaban J connectivity index is 1.53. The Kier molecular flexibility index (Phi) is 8.15. The summed E-state index contributed by atoms with van der Waals surface area (Å²) in [5.41, 5.74) is 3.50. The SMILES string of the molecule is Cc1ccc(S(=O)(=O)N2CC3=C(O)CC(c4ccncc4)N(S(=O)(=O)c4ccc(C)cc4)[C@H]3CC2c2cccc(Cl)c2)cc1. The molecule has 44 heavy (non-hydrogen) atoms. The molecule has 0 spiro atoms. The van der Waals surface area contributed by atoms with Crippen molar-refractivity contribution in [3.63, 3.8) is 0 Å². The number of pyridine rings is 1. The zero-order valence-corrected chi connectivity index (χ0v) is 26.6. The molecule has 8 nitrogen and oxygen atoms in total. The monoisotopic (exact) mass is 649 g/mol. The van der Waals surface area contributed by atoms with E-state index in [4.69, 9.17) is 11.6 Å². The summed E-state index contributed by atoms with van der Waals surface area (Å²) in [4.78, 5) is 4.33. The highest BCUT2D eigenvalue weighted by Gasteiger charge is 2.50. The number of rotatable bonds is 6. The number of sulfonamides is 2. The first kappa shape index (κ1) is 30.5. The maximum Gasteiger partial charge on any atom is 0.244 e. The average Bonchev–Trinajstić information content (AvgIpc) is 3.01. The number of nitrogens with zero attached hydrogens (tertiary/aromatic N) is 3. The van der Waals surface area contributed by atoms with E-state index in [0.29, 0.717) is 21.7 Å². The first-order valence-corrected chi connectivity index (χ1v) is 17.5. The maximum atomic E-state index is 14.5. The molecule has 0 amide bonds. The van der Waals surface area contributed by atoms with Crippen LogP contribution in [0, 0.1) is 13.8 Å². The van der Waals surface area contributed by atoms with Crippen molar-refractivity contribution in [2.45, 2.75) is 54.6 Å². The zero-order chi connectivity index (χ0) is 31.2. The predicted octanol–water partition coefficient (Wildman–Crippen LogP) is 6.50. The van der Waals surface area contributed by atoms with Crippen molar-refractivity contribution in [3.8, 4) is 0 Å². The van der Waals surface area contributed by atoms with Crippen LogP contribution in [0.15, 0.2) is 118 Å². The molecule has 4 aromatic rings. The number of benzene rings is 3. The smallest absolute Gasteiger partial charge is 0.244 e. The Morgan fingerprint density at radius 3 is 1.93 bits per heavy atom. The van der Waals surface area contributed by atoms with Crippen molar-refractivity contribution in [1.29, 1.82) is 0 Å². The van der Waals surface area contributed by atoms with Gasteiger partial charge in [0.25, 0.3) is 0 Å². The lowest BCUT2D eigenvalue weighted by molar-refractivity contribution is 0.144. The van der Waals surface area contributed by atoms with E-state index in [1.807, 2.05) is 13.8 Å². The fourth-order valence-electron chi connectivity index (χ4n) is 6.15. The minimum absolute atomic E-state index is 0.0127. The number of aliphatic hydroxyl groups excluding tert-OH is 1. The highest BCUT2D eigenvalue weighted by Crippen LogP contribution is 2.48. The minimum Gasteiger partial charge on any atom is -0.512 e. The van der Waals surface area contributed by atoms with Crippen molar-refractivity contribution in [1.82, 2.24) is 13.6 Å². The largest absolute Gasteiger partial charge is 0.512 e. The van der Waals surface area contributed by atoms with Gasteiger partial charge in [0, 0.05) is 36.0 Å². The van der Waals surface area contributed by atoms with Gasteiger partial charge in [-0.3, -0.25) is 4.98 Å². The predicted molar refractivity (Wildman–Crippen MR) is 169 cm³/mol. The van der Waals surface area contributed by atoms with Gasteiger partial charge in [-0.2, -0.15) is 8.61 Å². The van der Waals surface area contributed by atoms with Gasteiger partial charge in [-0.1, -0.05) is 59.1 Å². The van der Waals surface area contributed by atoms with Crippen LogP contribution < -0.4 is 0 Å². The third-order valence-electron chi connectivity index (χ3n) is 8.44. The standard InChI is InChI=1S/C33H32ClN3O5S2/c1-22-6-10-27(11-7-22)43(39,40)36-21-29-32(19-30(36)25-4-3-5-26(34)18-25)37(44(41,42)28-12-8-23(2)9-13-28)31(20-33(29)38)24-14-16-35-17-15-24/h3-18,30-32,38H,19-21H2,1-2H3/t30?,31?,32-/m0/s1. The third kappa shape index (κ3) is 5.57. The van der Waals surface area contributed by atoms with Gasteiger partial charge in [-0.25, -0.2) is 16.8 Å². The summed E-state index contributed by atoms with van der Waals surface area (Å²) in [6.07, 6.45) is 3.24. The summed E-state index contributed by atoms with van der Waals surface area (Å²) in [7, 11) is -8.19. The Bertz CT molecular complexity index is 1930. The molecule has 1 saturated heterocycles. The second-order valence-electron chi connectivity index (χ2n) is 11.3. The summed E-state index contributed by atoms with van der Waals surface area (Å²) in [6.45, 7) is 3.58. The van der Waals surface area contributed by atoms with E-state index >= 15 is 0 Å². The molecule has 6 rings (SSSR count). The number of aromatic nitrogens is 1. The van der Waals surface area contributed by atoms with Crippen LogP contribution in [0.2, 0.25) is 5.02 Å². The van der Waals surface area contributed by atoms with Gasteiger partial charge < -0.3 is 5.11 Å². The molecule has 0 radical (unpaired) electrons. The average molecular weight is 650 g/mol. The molecule has 11 heteroatoms. The number of aryl methyl sites for hydroxylation is 2. The molecule has 1 fully saturated rings. The van der Waals surface area contributed by atoms with Crippen LogP contribution in [0.5, 0.6) is 0 Å². The van der Waals surface area contributed by atoms with Gasteiger partial charge >= 0.3 is 0 Å². The number of fused-ring (bicyclic) bond motifs is 1. The normalized spacial score (nSPS) is 21.7. The second kappa shape index (κ2) is 11.8. The lowest BCUT2D eigenvalue weighted by Crippen LogP contribution is -2.54. The zero-order valence-electron chi connectivity index (χ0n) is 24.2. The van der Waals surface area contributed by atoms with Crippen molar-refractivity contribution in [3.05, 3.63) is 136 Å². The van der Waals surface area contributed by atoms with Crippen LogP contribution in [0.25, 0.3) is 0 Å². The van der Waals surface area contributed by atoms with Crippen LogP contribution in [0.4, 0.5) is 0 Å². The lowest BCUT2D eigenvalue weighted by Gasteiger charge is -2.48. The number of halogens is 1. The first-order chi connectivity index (χ1) is 21.0. The summed E-state index contributed by atoms with van der Waals surface area (Å²) in [5, 5.41) is 12.0. The van der Waals surface area contributed by atoms with Gasteiger partial charge in [0.1, 0.15) is 0 Å². The molecule has 3 heterocycles. The Morgan fingerprint density at radius 2 is 1.34 bits per heavy atom. The molecular formula is C33H32ClN3O5S2. The van der Waals surface area contributed by atoms with Gasteiger partial charge in [0.05, 0.1) is 33.7 Å². The van der Waals surface area contributed by atoms with Crippen LogP contribution >= 0.6 is 11.6 Å². The van der Waals surface area contributed by atoms with Gasteiger partial charge in [-0.05, 0) is 79.9 Å². The van der Waals surface area contributed by atoms with Crippen molar-refractivity contribution in [2.75, 3.05) is 6.54 Å². The molecular weight excluding hydrogens is 618 g/mol. The minimum atomic E-state index is -4.12. The third-order valence-corrected chi connectivity index (χ3v) is 12.5. The maximum absolute atomic E-state index is 14.5. The van der Waals surface area contributed by atoms with E-state index in [1.54, 1.807) is 97.3 Å². The highest BCUT2D eigenvalue weighted by molar-refractivity contribution is 7.89. The quantitative estimate of drug-likeness (QED) is 0.255. The van der Waals surface area contributed by atoms with Crippen molar-refractivity contribution < 1.29 is 21.9 Å². The number of hydrogen-bond acceptors (Lipinski definition) is 6. The van der Waals surface area contributed by atoms with Gasteiger partial charge in [0.2, 0.25) is 20.0 Å². The van der Waals surface area contributed by atoms with E-state index < -0.39 is 38.2 Å². The van der Waals surface area contributed by atoms with E-state index in [1.165, 1.54) is 8.61 Å². The van der Waals surface area contributed by atoms with E-state index in [0.717, 1.165) is 11.1 Å². The Labute approximate surface area is 263 Å². The molecule has 3 atom stereocenters. The summed E-state index contributed by atoms with van der Waals surface area (Å²) in [5.74, 6) is -0.0131. The van der Waals surface area contributed by atoms with E-state index in [-0.39, 0.29) is 34.9 Å². The molecule has 2 unspecified atom stereocenters. The highest BCUT2D eigenvalue weighted by atomic mass is 35.5. The molecule has 2 aliphatic rings. The topological polar surface area (TPSA) is 108 Å². The van der Waals surface area contributed by atoms with Gasteiger partial charge in [0.15, 0.2) is 0 Å². The number of aliphatic hydroxyl groups is 1. The van der Waals surface area contributed by atoms with E-state index in [2.05, 4.69) is 4.98 Å². The molecule has 3 aromatic carbocycles. The fraction of sp³-hybridized carbons (Fsp3) is 0.242. The second-order valence-corrected chi connectivity index (χ2v) is 15.5. The lowest BCUT2D eigenvalue weighted by atomic mass is 9.84. The molecule has 2 aliphatic heterocycles. The number of piperidine rings is 1. The molecule has 0 bridgehead atoms. The molecule has 1 N–H and O–H groups in total. The Hall–Kier alpha value is -3.54. The summed E-state index contributed by atoms with van der Waals surface area (Å²) in [6, 6.07) is 21.4. The number of hydrogen-bond donors (Lipinski definition) is 1. The van der Waals surface area contributed by atoms with Crippen LogP contribution in [0.3, 0.4) is 0 Å². The van der Waals surface area contributed by atoms with Crippen LogP contribution in [-0.2, 0) is 20.0 Å². The first-order valence-electron chi connectivity index (χ1n) is 14.2. The molecule has 228 valence electrons. The van der Waals surface area contributed by atoms with Gasteiger partial charge in [-0.15, -0.1) is 0 Å². The summed E-state index contributed by atoms with van der Waals surface area (Å²) < 4.78 is 60.3. The van der Waals surface area contributed by atoms with Crippen molar-refractivity contribution >= 4 is 31.6 Å². The fourth-order valence-corrected chi connectivity index (χ4v) is 9.75. The van der Waals surface area contributed by atoms with E-state index in [9.17, 15) is 21.9 Å².